The van der Waals surface area contributed by atoms with E-state index >= 15 is 0 Å². The van der Waals surface area contributed by atoms with Crippen LogP contribution in [0.4, 0.5) is 0 Å². The van der Waals surface area contributed by atoms with E-state index in [0.717, 1.165) is 22.2 Å². The number of hydrogen-bond acceptors (Lipinski definition) is 3. The normalized spacial score (nSPS) is 10.6. The van der Waals surface area contributed by atoms with Crippen LogP contribution in [0.2, 0.25) is 0 Å². The highest BCUT2D eigenvalue weighted by molar-refractivity contribution is 5.97. The molecule has 0 radical (unpaired) electrons. The van der Waals surface area contributed by atoms with Crippen molar-refractivity contribution in [2.45, 2.75) is 13.3 Å². The molecule has 0 atom stereocenters. The number of rotatable bonds is 6. The summed E-state index contributed by atoms with van der Waals surface area (Å²) >= 11 is 0. The van der Waals surface area contributed by atoms with Crippen LogP contribution in [-0.2, 0) is 0 Å². The molecule has 25 heavy (non-hydrogen) atoms. The molecule has 0 saturated carbocycles. The molecule has 1 amide bonds. The highest BCUT2D eigenvalue weighted by Crippen LogP contribution is 2.12. The highest BCUT2D eigenvalue weighted by atomic mass is 16.5. The fraction of sp³-hybridized carbons (Fsp3) is 0.200. The summed E-state index contributed by atoms with van der Waals surface area (Å²) in [6.45, 7) is 2.95. The minimum Gasteiger partial charge on any atom is -0.494 e. The average molecular weight is 336 g/mol. The highest BCUT2D eigenvalue weighted by Gasteiger charge is 2.11. The topological polar surface area (TPSA) is 71.2 Å². The monoisotopic (exact) mass is 336 g/mol. The maximum absolute atomic E-state index is 12.2. The van der Waals surface area contributed by atoms with Crippen molar-refractivity contribution in [2.75, 3.05) is 13.2 Å². The van der Waals surface area contributed by atoms with Crippen LogP contribution in [0.15, 0.2) is 59.4 Å². The van der Waals surface area contributed by atoms with Gasteiger partial charge in [-0.1, -0.05) is 30.3 Å². The van der Waals surface area contributed by atoms with E-state index in [0.29, 0.717) is 19.6 Å². The zero-order valence-electron chi connectivity index (χ0n) is 14.0. The van der Waals surface area contributed by atoms with Crippen molar-refractivity contribution in [1.82, 2.24) is 10.3 Å². The molecule has 0 aliphatic rings. The number of fused-ring (bicyclic) bond motifs is 1. The molecule has 1 aromatic heterocycles. The zero-order chi connectivity index (χ0) is 17.6. The number of ether oxygens (including phenoxy) is 1. The van der Waals surface area contributed by atoms with E-state index in [2.05, 4.69) is 10.3 Å². The van der Waals surface area contributed by atoms with Crippen LogP contribution in [0.3, 0.4) is 0 Å². The van der Waals surface area contributed by atoms with Crippen molar-refractivity contribution in [3.8, 4) is 5.75 Å². The van der Waals surface area contributed by atoms with Gasteiger partial charge in [0.2, 0.25) is 0 Å². The molecule has 0 bridgehead atoms. The van der Waals surface area contributed by atoms with Crippen molar-refractivity contribution in [3.63, 3.8) is 0 Å². The molecule has 0 saturated heterocycles. The first kappa shape index (κ1) is 16.8. The van der Waals surface area contributed by atoms with E-state index in [1.165, 1.54) is 0 Å². The second-order valence-electron chi connectivity index (χ2n) is 5.87. The summed E-state index contributed by atoms with van der Waals surface area (Å²) in [6, 6.07) is 16.8. The summed E-state index contributed by atoms with van der Waals surface area (Å²) in [5.41, 5.74) is 1.60. The number of pyridine rings is 1. The molecule has 3 aromatic rings. The average Bonchev–Trinajstić information content (AvgIpc) is 2.60. The molecule has 3 rings (SSSR count). The number of amides is 1. The van der Waals surface area contributed by atoms with Gasteiger partial charge in [-0.25, -0.2) is 0 Å². The predicted molar refractivity (Wildman–Crippen MR) is 98.2 cm³/mol. The smallest absolute Gasteiger partial charge is 0.261 e. The summed E-state index contributed by atoms with van der Waals surface area (Å²) in [7, 11) is 0. The van der Waals surface area contributed by atoms with E-state index in [1.807, 2.05) is 49.4 Å². The Labute approximate surface area is 145 Å². The Hall–Kier alpha value is -3.08. The molecule has 128 valence electrons. The molecule has 0 fully saturated rings. The van der Waals surface area contributed by atoms with Crippen LogP contribution < -0.4 is 15.6 Å². The van der Waals surface area contributed by atoms with Crippen LogP contribution in [0, 0.1) is 6.92 Å². The Balaban J connectivity index is 1.53. The summed E-state index contributed by atoms with van der Waals surface area (Å²) < 4.78 is 5.64. The van der Waals surface area contributed by atoms with E-state index in [9.17, 15) is 9.59 Å². The molecular formula is C20H20N2O3. The van der Waals surface area contributed by atoms with Crippen LogP contribution in [-0.4, -0.2) is 24.0 Å². The molecular weight excluding hydrogens is 316 g/mol. The number of aromatic amines is 1. The summed E-state index contributed by atoms with van der Waals surface area (Å²) in [6.07, 6.45) is 0.658. The maximum atomic E-state index is 12.2. The van der Waals surface area contributed by atoms with E-state index in [1.54, 1.807) is 12.1 Å². The van der Waals surface area contributed by atoms with E-state index < -0.39 is 0 Å². The van der Waals surface area contributed by atoms with E-state index in [4.69, 9.17) is 4.74 Å². The third kappa shape index (κ3) is 4.26. The van der Waals surface area contributed by atoms with Crippen molar-refractivity contribution in [3.05, 3.63) is 76.1 Å². The molecule has 2 N–H and O–H groups in total. The number of hydrogen-bond donors (Lipinski definition) is 2. The fourth-order valence-electron chi connectivity index (χ4n) is 2.58. The number of benzene rings is 2. The molecule has 0 spiro atoms. The van der Waals surface area contributed by atoms with Gasteiger partial charge in [0.05, 0.1) is 6.61 Å². The molecule has 5 nitrogen and oxygen atoms in total. The van der Waals surface area contributed by atoms with Crippen LogP contribution in [0.1, 0.15) is 22.3 Å². The first-order chi connectivity index (χ1) is 12.1. The summed E-state index contributed by atoms with van der Waals surface area (Å²) in [5, 5.41) is 3.59. The number of aryl methyl sites for hydroxylation is 1. The third-order valence-electron chi connectivity index (χ3n) is 3.86. The Morgan fingerprint density at radius 2 is 1.96 bits per heavy atom. The molecule has 5 heteroatoms. The first-order valence-electron chi connectivity index (χ1n) is 8.23. The Morgan fingerprint density at radius 3 is 2.80 bits per heavy atom. The maximum Gasteiger partial charge on any atom is 0.261 e. The summed E-state index contributed by atoms with van der Waals surface area (Å²) in [4.78, 5) is 27.0. The number of aromatic nitrogens is 1. The van der Waals surface area contributed by atoms with Gasteiger partial charge in [-0.2, -0.15) is 0 Å². The van der Waals surface area contributed by atoms with Gasteiger partial charge in [0, 0.05) is 12.1 Å². The lowest BCUT2D eigenvalue weighted by atomic mass is 10.1. The van der Waals surface area contributed by atoms with Crippen molar-refractivity contribution >= 4 is 16.8 Å². The minimum atomic E-state index is -0.382. The fourth-order valence-corrected chi connectivity index (χ4v) is 2.58. The SMILES string of the molecule is Cc1cccc(OCCCNC(=O)c2cc3ccccc3[nH]c2=O)c1. The lowest BCUT2D eigenvalue weighted by molar-refractivity contribution is 0.0950. The standard InChI is InChI=1S/C20H20N2O3/c1-14-6-4-8-16(12-14)25-11-5-10-21-19(23)17-13-15-7-2-3-9-18(15)22-20(17)24/h2-4,6-9,12-13H,5,10-11H2,1H3,(H,21,23)(H,22,24). The number of H-pyrrole nitrogens is 1. The Bertz CT molecular complexity index is 947. The quantitative estimate of drug-likeness (QED) is 0.680. The zero-order valence-corrected chi connectivity index (χ0v) is 14.0. The van der Waals surface area contributed by atoms with Gasteiger partial charge in [-0.3, -0.25) is 9.59 Å². The van der Waals surface area contributed by atoms with Gasteiger partial charge in [0.25, 0.3) is 11.5 Å². The molecule has 0 aliphatic carbocycles. The number of carbonyl (C=O) groups excluding carboxylic acids is 1. The molecule has 1 heterocycles. The summed E-state index contributed by atoms with van der Waals surface area (Å²) in [5.74, 6) is 0.444. The lowest BCUT2D eigenvalue weighted by Gasteiger charge is -2.08. The van der Waals surface area contributed by atoms with Crippen molar-refractivity contribution in [2.24, 2.45) is 0 Å². The van der Waals surface area contributed by atoms with Gasteiger partial charge >= 0.3 is 0 Å². The Morgan fingerprint density at radius 1 is 1.12 bits per heavy atom. The minimum absolute atomic E-state index is 0.123. The third-order valence-corrected chi connectivity index (χ3v) is 3.86. The van der Waals surface area contributed by atoms with Crippen LogP contribution >= 0.6 is 0 Å². The Kier molecular flexibility index (Phi) is 5.14. The van der Waals surface area contributed by atoms with Crippen molar-refractivity contribution in [1.29, 1.82) is 0 Å². The predicted octanol–water partition coefficient (Wildman–Crippen LogP) is 3.04. The number of para-hydroxylation sites is 1. The number of nitrogens with one attached hydrogen (secondary N) is 2. The van der Waals surface area contributed by atoms with Crippen LogP contribution in [0.25, 0.3) is 10.9 Å². The van der Waals surface area contributed by atoms with Gasteiger partial charge in [0.15, 0.2) is 0 Å². The van der Waals surface area contributed by atoms with Gasteiger partial charge in [-0.05, 0) is 48.6 Å². The second kappa shape index (κ2) is 7.66. The van der Waals surface area contributed by atoms with Crippen molar-refractivity contribution < 1.29 is 9.53 Å². The second-order valence-corrected chi connectivity index (χ2v) is 5.87. The molecule has 2 aromatic carbocycles. The largest absolute Gasteiger partial charge is 0.494 e. The van der Waals surface area contributed by atoms with Gasteiger partial charge in [-0.15, -0.1) is 0 Å². The van der Waals surface area contributed by atoms with E-state index in [-0.39, 0.29) is 17.0 Å². The molecule has 0 aliphatic heterocycles. The lowest BCUT2D eigenvalue weighted by Crippen LogP contribution is -2.30. The number of carbonyl (C=O) groups is 1. The van der Waals surface area contributed by atoms with Gasteiger partial charge < -0.3 is 15.0 Å². The molecule has 0 unspecified atom stereocenters. The first-order valence-corrected chi connectivity index (χ1v) is 8.23. The van der Waals surface area contributed by atoms with Crippen LogP contribution in [0.5, 0.6) is 5.75 Å². The van der Waals surface area contributed by atoms with Gasteiger partial charge in [0.1, 0.15) is 11.3 Å².